The van der Waals surface area contributed by atoms with Gasteiger partial charge in [0.25, 0.3) is 0 Å². The Morgan fingerprint density at radius 3 is 1.88 bits per heavy atom. The molecule has 0 fully saturated rings. The molecule has 0 saturated heterocycles. The number of hydrogen-bond donors (Lipinski definition) is 4. The standard InChI is InChI=1S/C12H22N4/c13-6-3-9-1-2-12(16)11(5-8-15)10(9)4-7-14/h1-2H,3-8,13-16H2. The van der Waals surface area contributed by atoms with Crippen LogP contribution < -0.4 is 22.9 Å². The van der Waals surface area contributed by atoms with E-state index in [-0.39, 0.29) is 0 Å². The van der Waals surface area contributed by atoms with Gasteiger partial charge in [-0.2, -0.15) is 0 Å². The molecule has 0 heterocycles. The van der Waals surface area contributed by atoms with Crippen molar-refractivity contribution < 1.29 is 0 Å². The summed E-state index contributed by atoms with van der Waals surface area (Å²) in [5.74, 6) is 0. The molecule has 0 saturated carbocycles. The molecule has 0 aromatic heterocycles. The summed E-state index contributed by atoms with van der Waals surface area (Å²) in [6, 6.07) is 3.99. The highest BCUT2D eigenvalue weighted by Gasteiger charge is 2.10. The average Bonchev–Trinajstić information content (AvgIpc) is 2.27. The Balaban J connectivity index is 3.14. The highest BCUT2D eigenvalue weighted by molar-refractivity contribution is 5.54. The van der Waals surface area contributed by atoms with Crippen LogP contribution in [0.3, 0.4) is 0 Å². The van der Waals surface area contributed by atoms with Crippen LogP contribution in [0.15, 0.2) is 12.1 Å². The maximum atomic E-state index is 5.98. The van der Waals surface area contributed by atoms with Gasteiger partial charge in [-0.3, -0.25) is 0 Å². The van der Waals surface area contributed by atoms with Gasteiger partial charge in [0.1, 0.15) is 0 Å². The Bertz CT molecular complexity index is 336. The highest BCUT2D eigenvalue weighted by Crippen LogP contribution is 2.22. The molecule has 1 rings (SSSR count). The molecule has 1 aromatic carbocycles. The van der Waals surface area contributed by atoms with Gasteiger partial charge in [0.05, 0.1) is 0 Å². The summed E-state index contributed by atoms with van der Waals surface area (Å²) in [7, 11) is 0. The zero-order chi connectivity index (χ0) is 12.0. The quantitative estimate of drug-likeness (QED) is 0.499. The molecule has 0 amide bonds. The van der Waals surface area contributed by atoms with Crippen LogP contribution >= 0.6 is 0 Å². The molecule has 0 atom stereocenters. The molecular formula is C12H22N4. The van der Waals surface area contributed by atoms with Crippen LogP contribution in [0.4, 0.5) is 5.69 Å². The lowest BCUT2D eigenvalue weighted by Gasteiger charge is -2.16. The number of rotatable bonds is 6. The zero-order valence-corrected chi connectivity index (χ0v) is 9.71. The van der Waals surface area contributed by atoms with Crippen molar-refractivity contribution in [3.8, 4) is 0 Å². The monoisotopic (exact) mass is 222 g/mol. The lowest BCUT2D eigenvalue weighted by Crippen LogP contribution is -2.15. The van der Waals surface area contributed by atoms with Crippen LogP contribution in [0.1, 0.15) is 16.7 Å². The molecule has 8 N–H and O–H groups in total. The minimum Gasteiger partial charge on any atom is -0.398 e. The normalized spacial score (nSPS) is 10.7. The van der Waals surface area contributed by atoms with Crippen molar-refractivity contribution in [2.75, 3.05) is 25.4 Å². The number of hydrogen-bond acceptors (Lipinski definition) is 4. The van der Waals surface area contributed by atoms with Crippen molar-refractivity contribution >= 4 is 5.69 Å². The second-order valence-corrected chi connectivity index (χ2v) is 3.89. The third-order valence-corrected chi connectivity index (χ3v) is 2.77. The van der Waals surface area contributed by atoms with Crippen molar-refractivity contribution in [2.24, 2.45) is 17.2 Å². The Hall–Kier alpha value is -1.10. The smallest absolute Gasteiger partial charge is 0.0350 e. The van der Waals surface area contributed by atoms with E-state index in [0.29, 0.717) is 19.6 Å². The van der Waals surface area contributed by atoms with Crippen molar-refractivity contribution in [3.05, 3.63) is 28.8 Å². The summed E-state index contributed by atoms with van der Waals surface area (Å²) in [5.41, 5.74) is 27.3. The molecule has 0 bridgehead atoms. The number of benzene rings is 1. The van der Waals surface area contributed by atoms with E-state index < -0.39 is 0 Å². The van der Waals surface area contributed by atoms with Gasteiger partial charge in [0.2, 0.25) is 0 Å². The molecule has 0 radical (unpaired) electrons. The van der Waals surface area contributed by atoms with E-state index in [4.69, 9.17) is 22.9 Å². The maximum absolute atomic E-state index is 5.98. The second-order valence-electron chi connectivity index (χ2n) is 3.89. The molecule has 16 heavy (non-hydrogen) atoms. The minimum absolute atomic E-state index is 0.605. The zero-order valence-electron chi connectivity index (χ0n) is 9.71. The third kappa shape index (κ3) is 2.95. The van der Waals surface area contributed by atoms with Crippen molar-refractivity contribution in [2.45, 2.75) is 19.3 Å². The summed E-state index contributed by atoms with van der Waals surface area (Å²) < 4.78 is 0. The predicted molar refractivity (Wildman–Crippen MR) is 69.1 cm³/mol. The Morgan fingerprint density at radius 2 is 1.31 bits per heavy atom. The fourth-order valence-corrected chi connectivity index (χ4v) is 2.04. The van der Waals surface area contributed by atoms with Gasteiger partial charge in [-0.1, -0.05) is 6.07 Å². The number of nitrogens with two attached hydrogens (primary N) is 4. The fraction of sp³-hybridized carbons (Fsp3) is 0.500. The summed E-state index contributed by atoms with van der Waals surface area (Å²) >= 11 is 0. The maximum Gasteiger partial charge on any atom is 0.0350 e. The second kappa shape index (κ2) is 6.48. The molecule has 0 aliphatic heterocycles. The van der Waals surface area contributed by atoms with Crippen molar-refractivity contribution in [1.82, 2.24) is 0 Å². The first-order chi connectivity index (χ1) is 7.74. The fourth-order valence-electron chi connectivity index (χ4n) is 2.04. The highest BCUT2D eigenvalue weighted by atomic mass is 14.6. The van der Waals surface area contributed by atoms with E-state index in [1.54, 1.807) is 0 Å². The lowest BCUT2D eigenvalue weighted by molar-refractivity contribution is 0.869. The van der Waals surface area contributed by atoms with Crippen LogP contribution in [-0.2, 0) is 19.3 Å². The van der Waals surface area contributed by atoms with Gasteiger partial charge in [-0.05, 0) is 61.7 Å². The first kappa shape index (κ1) is 13.0. The third-order valence-electron chi connectivity index (χ3n) is 2.77. The van der Waals surface area contributed by atoms with Gasteiger partial charge in [0.15, 0.2) is 0 Å². The first-order valence-electron chi connectivity index (χ1n) is 5.73. The van der Waals surface area contributed by atoms with Crippen molar-refractivity contribution in [3.63, 3.8) is 0 Å². The molecule has 0 aliphatic carbocycles. The first-order valence-corrected chi connectivity index (χ1v) is 5.73. The Labute approximate surface area is 97.0 Å². The average molecular weight is 222 g/mol. The van der Waals surface area contributed by atoms with Crippen molar-refractivity contribution in [1.29, 1.82) is 0 Å². The number of anilines is 1. The number of nitrogen functional groups attached to an aromatic ring is 1. The van der Waals surface area contributed by atoms with Gasteiger partial charge in [0, 0.05) is 5.69 Å². The molecular weight excluding hydrogens is 200 g/mol. The van der Waals surface area contributed by atoms with Crippen LogP contribution in [0.2, 0.25) is 0 Å². The molecule has 90 valence electrons. The summed E-state index contributed by atoms with van der Waals surface area (Å²) in [5, 5.41) is 0. The van der Waals surface area contributed by atoms with Crippen LogP contribution in [0.25, 0.3) is 0 Å². The summed E-state index contributed by atoms with van der Waals surface area (Å²) in [6.45, 7) is 1.87. The van der Waals surface area contributed by atoms with E-state index in [0.717, 1.165) is 30.5 Å². The SMILES string of the molecule is NCCc1ccc(N)c(CCN)c1CCN. The Morgan fingerprint density at radius 1 is 0.750 bits per heavy atom. The van der Waals surface area contributed by atoms with Crippen LogP contribution in [-0.4, -0.2) is 19.6 Å². The van der Waals surface area contributed by atoms with E-state index in [2.05, 4.69) is 0 Å². The van der Waals surface area contributed by atoms with Crippen LogP contribution in [0.5, 0.6) is 0 Å². The minimum atomic E-state index is 0.605. The summed E-state index contributed by atoms with van der Waals surface area (Å²) in [4.78, 5) is 0. The molecule has 0 spiro atoms. The molecule has 4 nitrogen and oxygen atoms in total. The van der Waals surface area contributed by atoms with E-state index in [9.17, 15) is 0 Å². The van der Waals surface area contributed by atoms with Crippen LogP contribution in [0, 0.1) is 0 Å². The summed E-state index contributed by atoms with van der Waals surface area (Å²) in [6.07, 6.45) is 2.52. The largest absolute Gasteiger partial charge is 0.398 e. The van der Waals surface area contributed by atoms with E-state index in [1.807, 2.05) is 12.1 Å². The topological polar surface area (TPSA) is 104 Å². The van der Waals surface area contributed by atoms with Gasteiger partial charge < -0.3 is 22.9 Å². The molecule has 1 aromatic rings. The van der Waals surface area contributed by atoms with Gasteiger partial charge in [-0.15, -0.1) is 0 Å². The van der Waals surface area contributed by atoms with E-state index >= 15 is 0 Å². The van der Waals surface area contributed by atoms with E-state index in [1.165, 1.54) is 11.1 Å². The molecule has 4 heteroatoms. The predicted octanol–water partition coefficient (Wildman–Crippen LogP) is -0.228. The van der Waals surface area contributed by atoms with Gasteiger partial charge in [-0.25, -0.2) is 0 Å². The Kier molecular flexibility index (Phi) is 5.25. The lowest BCUT2D eigenvalue weighted by atomic mass is 9.93. The molecule has 0 unspecified atom stereocenters. The van der Waals surface area contributed by atoms with Gasteiger partial charge >= 0.3 is 0 Å². The molecule has 0 aliphatic rings.